The van der Waals surface area contributed by atoms with E-state index in [0.717, 1.165) is 17.1 Å². The summed E-state index contributed by atoms with van der Waals surface area (Å²) in [5.41, 5.74) is 0.799. The van der Waals surface area contributed by atoms with E-state index in [2.05, 4.69) is 25.0 Å². The molecule has 0 spiro atoms. The number of nitrogens with zero attached hydrogens (tertiary/aromatic N) is 4. The van der Waals surface area contributed by atoms with Gasteiger partial charge in [0.05, 0.1) is 12.3 Å². The molecule has 17 heavy (non-hydrogen) atoms. The highest BCUT2D eigenvalue weighted by Gasteiger charge is 2.23. The molecule has 1 unspecified atom stereocenters. The first-order valence-corrected chi connectivity index (χ1v) is 6.07. The van der Waals surface area contributed by atoms with Crippen molar-refractivity contribution in [3.8, 4) is 10.8 Å². The van der Waals surface area contributed by atoms with Gasteiger partial charge in [0.15, 0.2) is 0 Å². The predicted molar refractivity (Wildman–Crippen MR) is 59.5 cm³/mol. The Morgan fingerprint density at radius 1 is 1.47 bits per heavy atom. The summed E-state index contributed by atoms with van der Waals surface area (Å²) in [4.78, 5) is 5.14. The lowest BCUT2D eigenvalue weighted by atomic mass is 10.3. The fourth-order valence-electron chi connectivity index (χ4n) is 1.62. The second-order valence-corrected chi connectivity index (χ2v) is 4.46. The van der Waals surface area contributed by atoms with E-state index in [-0.39, 0.29) is 6.10 Å². The summed E-state index contributed by atoms with van der Waals surface area (Å²) in [6.07, 6.45) is -0.137. The van der Waals surface area contributed by atoms with Crippen LogP contribution in [0.3, 0.4) is 0 Å². The molecule has 1 atom stereocenters. The van der Waals surface area contributed by atoms with E-state index < -0.39 is 0 Å². The van der Waals surface area contributed by atoms with Gasteiger partial charge in [0, 0.05) is 13.1 Å². The Morgan fingerprint density at radius 2 is 2.41 bits per heavy atom. The van der Waals surface area contributed by atoms with Crippen LogP contribution >= 0.6 is 11.5 Å². The SMILES string of the molecule is Cc1nnsc1-c1nc(C2CNCCO2)no1. The molecule has 1 saturated heterocycles. The molecular formula is C9H11N5O2S. The van der Waals surface area contributed by atoms with Crippen molar-refractivity contribution in [1.82, 2.24) is 25.0 Å². The molecular weight excluding hydrogens is 242 g/mol. The number of ether oxygens (including phenoxy) is 1. The molecule has 1 N–H and O–H groups in total. The molecule has 1 fully saturated rings. The highest BCUT2D eigenvalue weighted by Crippen LogP contribution is 2.25. The average Bonchev–Trinajstić information content (AvgIpc) is 2.98. The van der Waals surface area contributed by atoms with Crippen molar-refractivity contribution >= 4 is 11.5 Å². The summed E-state index contributed by atoms with van der Waals surface area (Å²) in [6, 6.07) is 0. The Labute approximate surface area is 101 Å². The molecule has 0 radical (unpaired) electrons. The highest BCUT2D eigenvalue weighted by molar-refractivity contribution is 7.09. The first-order chi connectivity index (χ1) is 8.34. The van der Waals surface area contributed by atoms with Crippen LogP contribution in [0, 0.1) is 6.92 Å². The van der Waals surface area contributed by atoms with Gasteiger partial charge < -0.3 is 14.6 Å². The van der Waals surface area contributed by atoms with E-state index in [9.17, 15) is 0 Å². The Balaban J connectivity index is 1.85. The zero-order valence-electron chi connectivity index (χ0n) is 9.21. The van der Waals surface area contributed by atoms with Gasteiger partial charge in [-0.15, -0.1) is 5.10 Å². The number of hydrogen-bond donors (Lipinski definition) is 1. The maximum Gasteiger partial charge on any atom is 0.271 e. The predicted octanol–water partition coefficient (Wildman–Crippen LogP) is 0.557. The van der Waals surface area contributed by atoms with Gasteiger partial charge in [-0.25, -0.2) is 0 Å². The van der Waals surface area contributed by atoms with Crippen molar-refractivity contribution in [2.45, 2.75) is 13.0 Å². The Morgan fingerprint density at radius 3 is 3.12 bits per heavy atom. The van der Waals surface area contributed by atoms with Gasteiger partial charge in [-0.3, -0.25) is 0 Å². The van der Waals surface area contributed by atoms with Crippen LogP contribution in [0.4, 0.5) is 0 Å². The van der Waals surface area contributed by atoms with Crippen molar-refractivity contribution in [3.05, 3.63) is 11.5 Å². The third kappa shape index (κ3) is 2.06. The van der Waals surface area contributed by atoms with Crippen LogP contribution in [0.5, 0.6) is 0 Å². The maximum absolute atomic E-state index is 5.55. The summed E-state index contributed by atoms with van der Waals surface area (Å²) in [7, 11) is 0. The monoisotopic (exact) mass is 253 g/mol. The van der Waals surface area contributed by atoms with Gasteiger partial charge in [0.25, 0.3) is 5.89 Å². The molecule has 0 bridgehead atoms. The first-order valence-electron chi connectivity index (χ1n) is 5.30. The van der Waals surface area contributed by atoms with Crippen LogP contribution < -0.4 is 5.32 Å². The van der Waals surface area contributed by atoms with Crippen LogP contribution in [0.2, 0.25) is 0 Å². The smallest absolute Gasteiger partial charge is 0.271 e. The van der Waals surface area contributed by atoms with Crippen LogP contribution in [0.15, 0.2) is 4.52 Å². The molecule has 2 aromatic rings. The van der Waals surface area contributed by atoms with Gasteiger partial charge in [0.1, 0.15) is 11.0 Å². The van der Waals surface area contributed by atoms with E-state index in [0.29, 0.717) is 24.9 Å². The lowest BCUT2D eigenvalue weighted by molar-refractivity contribution is 0.0208. The zero-order valence-corrected chi connectivity index (χ0v) is 10.0. The molecule has 3 heterocycles. The summed E-state index contributed by atoms with van der Waals surface area (Å²) >= 11 is 1.25. The van der Waals surface area contributed by atoms with E-state index in [1.54, 1.807) is 0 Å². The summed E-state index contributed by atoms with van der Waals surface area (Å²) in [5, 5.41) is 11.1. The Bertz CT molecular complexity index is 505. The molecule has 1 aliphatic heterocycles. The quantitative estimate of drug-likeness (QED) is 0.836. The largest absolute Gasteiger partial charge is 0.367 e. The van der Waals surface area contributed by atoms with Crippen molar-refractivity contribution in [2.24, 2.45) is 0 Å². The van der Waals surface area contributed by atoms with E-state index in [4.69, 9.17) is 9.26 Å². The van der Waals surface area contributed by atoms with Crippen LogP contribution in [-0.4, -0.2) is 39.4 Å². The molecule has 90 valence electrons. The Kier molecular flexibility index (Phi) is 2.83. The van der Waals surface area contributed by atoms with Crippen molar-refractivity contribution < 1.29 is 9.26 Å². The minimum atomic E-state index is -0.137. The third-order valence-corrected chi connectivity index (χ3v) is 3.32. The van der Waals surface area contributed by atoms with Crippen molar-refractivity contribution in [3.63, 3.8) is 0 Å². The lowest BCUT2D eigenvalue weighted by Gasteiger charge is -2.20. The number of morpholine rings is 1. The second-order valence-electron chi connectivity index (χ2n) is 3.71. The molecule has 3 rings (SSSR count). The van der Waals surface area contributed by atoms with Crippen LogP contribution in [-0.2, 0) is 4.74 Å². The van der Waals surface area contributed by atoms with Gasteiger partial charge in [-0.2, -0.15) is 4.98 Å². The zero-order chi connectivity index (χ0) is 11.7. The van der Waals surface area contributed by atoms with Gasteiger partial charge in [0.2, 0.25) is 5.82 Å². The van der Waals surface area contributed by atoms with E-state index >= 15 is 0 Å². The third-order valence-electron chi connectivity index (χ3n) is 2.50. The molecule has 1 aliphatic rings. The van der Waals surface area contributed by atoms with Gasteiger partial charge >= 0.3 is 0 Å². The van der Waals surface area contributed by atoms with Crippen molar-refractivity contribution in [1.29, 1.82) is 0 Å². The molecule has 8 heteroatoms. The number of rotatable bonds is 2. The molecule has 2 aromatic heterocycles. The van der Waals surface area contributed by atoms with E-state index in [1.807, 2.05) is 6.92 Å². The summed E-state index contributed by atoms with van der Waals surface area (Å²) < 4.78 is 14.6. The summed E-state index contributed by atoms with van der Waals surface area (Å²) in [5.74, 6) is 1.03. The fraction of sp³-hybridized carbons (Fsp3) is 0.556. The Hall–Kier alpha value is -1.38. The van der Waals surface area contributed by atoms with E-state index in [1.165, 1.54) is 11.5 Å². The normalized spacial score (nSPS) is 20.6. The minimum absolute atomic E-state index is 0.137. The van der Waals surface area contributed by atoms with Crippen LogP contribution in [0.1, 0.15) is 17.6 Å². The highest BCUT2D eigenvalue weighted by atomic mass is 32.1. The second kappa shape index (κ2) is 4.47. The minimum Gasteiger partial charge on any atom is -0.367 e. The van der Waals surface area contributed by atoms with Crippen molar-refractivity contribution in [2.75, 3.05) is 19.7 Å². The van der Waals surface area contributed by atoms with Gasteiger partial charge in [-0.05, 0) is 18.5 Å². The molecule has 7 nitrogen and oxygen atoms in total. The molecule has 0 aromatic carbocycles. The maximum atomic E-state index is 5.55. The lowest BCUT2D eigenvalue weighted by Crippen LogP contribution is -2.33. The van der Waals surface area contributed by atoms with Gasteiger partial charge in [-0.1, -0.05) is 9.64 Å². The number of hydrogen-bond acceptors (Lipinski definition) is 8. The van der Waals surface area contributed by atoms with Crippen LogP contribution in [0.25, 0.3) is 10.8 Å². The molecule has 0 saturated carbocycles. The average molecular weight is 253 g/mol. The summed E-state index contributed by atoms with van der Waals surface area (Å²) in [6.45, 7) is 4.09. The molecule has 0 amide bonds. The number of aromatic nitrogens is 4. The first kappa shape index (κ1) is 10.8. The molecule has 0 aliphatic carbocycles. The topological polar surface area (TPSA) is 86.0 Å². The fourth-order valence-corrected chi connectivity index (χ4v) is 2.20. The number of aryl methyl sites for hydroxylation is 1. The number of nitrogens with one attached hydrogen (secondary N) is 1. The standard InChI is InChI=1S/C9H11N5O2S/c1-5-7(17-14-12-5)9-11-8(13-16-9)6-4-10-2-3-15-6/h6,10H,2-4H2,1H3.